The maximum Gasteiger partial charge on any atom is 0.137 e. The summed E-state index contributed by atoms with van der Waals surface area (Å²) in [6.45, 7) is 1.39. The van der Waals surface area contributed by atoms with Crippen LogP contribution in [-0.2, 0) is 13.1 Å². The molecule has 21 heavy (non-hydrogen) atoms. The number of aromatic nitrogens is 5. The van der Waals surface area contributed by atoms with Crippen molar-refractivity contribution in [3.63, 3.8) is 0 Å². The summed E-state index contributed by atoms with van der Waals surface area (Å²) in [7, 11) is 0. The number of fused-ring (bicyclic) bond motifs is 1. The Kier molecular flexibility index (Phi) is 3.12. The quantitative estimate of drug-likeness (QED) is 0.782. The molecule has 1 fully saturated rings. The second-order valence-electron chi connectivity index (χ2n) is 5.41. The van der Waals surface area contributed by atoms with Crippen LogP contribution in [0.5, 0.6) is 0 Å². The molecule has 0 radical (unpaired) electrons. The summed E-state index contributed by atoms with van der Waals surface area (Å²) in [5.74, 6) is 0. The Morgan fingerprint density at radius 2 is 2.10 bits per heavy atom. The van der Waals surface area contributed by atoms with E-state index in [0.29, 0.717) is 17.6 Å². The topological polar surface area (TPSA) is 60.0 Å². The van der Waals surface area contributed by atoms with E-state index in [2.05, 4.69) is 20.6 Å². The van der Waals surface area contributed by atoms with E-state index in [9.17, 15) is 0 Å². The molecule has 1 saturated carbocycles. The van der Waals surface area contributed by atoms with Crippen molar-refractivity contribution < 1.29 is 0 Å². The summed E-state index contributed by atoms with van der Waals surface area (Å²) in [5.41, 5.74) is 2.78. The molecular weight excluding hydrogens is 288 g/mol. The minimum absolute atomic E-state index is 0.607. The molecule has 0 spiro atoms. The molecule has 0 saturated heterocycles. The minimum atomic E-state index is 0.607. The Morgan fingerprint density at radius 3 is 2.95 bits per heavy atom. The number of nitrogens with one attached hydrogen (secondary N) is 1. The van der Waals surface area contributed by atoms with Crippen molar-refractivity contribution in [3.8, 4) is 0 Å². The van der Waals surface area contributed by atoms with Crippen LogP contribution in [0.4, 0.5) is 0 Å². The van der Waals surface area contributed by atoms with E-state index in [1.165, 1.54) is 12.8 Å². The summed E-state index contributed by atoms with van der Waals surface area (Å²) in [5, 5.41) is 12.4. The molecule has 3 aromatic heterocycles. The zero-order valence-electron chi connectivity index (χ0n) is 11.4. The van der Waals surface area contributed by atoms with Crippen LogP contribution >= 0.6 is 11.6 Å². The fraction of sp³-hybridized carbons (Fsp3) is 0.357. The van der Waals surface area contributed by atoms with E-state index in [0.717, 1.165) is 23.6 Å². The molecule has 0 unspecified atom stereocenters. The molecule has 3 aromatic rings. The predicted molar refractivity (Wildman–Crippen MR) is 79.2 cm³/mol. The van der Waals surface area contributed by atoms with E-state index in [1.807, 2.05) is 39.8 Å². The molecular formula is C14H15ClN6. The van der Waals surface area contributed by atoms with Crippen molar-refractivity contribution >= 4 is 17.2 Å². The van der Waals surface area contributed by atoms with Gasteiger partial charge >= 0.3 is 0 Å². The van der Waals surface area contributed by atoms with Crippen molar-refractivity contribution in [2.24, 2.45) is 0 Å². The predicted octanol–water partition coefficient (Wildman–Crippen LogP) is 1.88. The van der Waals surface area contributed by atoms with Gasteiger partial charge in [0.15, 0.2) is 0 Å². The number of imidazole rings is 1. The average Bonchev–Trinajstić information content (AvgIpc) is 3.05. The Balaban J connectivity index is 1.48. The van der Waals surface area contributed by atoms with Crippen LogP contribution in [0, 0.1) is 0 Å². The van der Waals surface area contributed by atoms with Gasteiger partial charge in [0.2, 0.25) is 0 Å². The van der Waals surface area contributed by atoms with Gasteiger partial charge < -0.3 is 9.72 Å². The molecule has 0 atom stereocenters. The highest BCUT2D eigenvalue weighted by Gasteiger charge is 2.20. The minimum Gasteiger partial charge on any atom is -0.308 e. The molecule has 7 heteroatoms. The molecule has 1 aliphatic carbocycles. The number of halogens is 1. The molecule has 0 aromatic carbocycles. The zero-order chi connectivity index (χ0) is 14.2. The van der Waals surface area contributed by atoms with Crippen LogP contribution in [0.15, 0.2) is 30.7 Å². The molecule has 0 amide bonds. The molecule has 1 N–H and O–H groups in total. The van der Waals surface area contributed by atoms with Crippen LogP contribution in [0.25, 0.3) is 5.65 Å². The van der Waals surface area contributed by atoms with Crippen LogP contribution in [0.1, 0.15) is 24.2 Å². The Labute approximate surface area is 126 Å². The monoisotopic (exact) mass is 302 g/mol. The summed E-state index contributed by atoms with van der Waals surface area (Å²) in [4.78, 5) is 4.54. The van der Waals surface area contributed by atoms with Crippen molar-refractivity contribution in [2.45, 2.75) is 32.0 Å². The van der Waals surface area contributed by atoms with Crippen molar-refractivity contribution in [2.75, 3.05) is 0 Å². The largest absolute Gasteiger partial charge is 0.308 e. The first-order valence-corrected chi connectivity index (χ1v) is 7.39. The van der Waals surface area contributed by atoms with Gasteiger partial charge in [-0.1, -0.05) is 16.8 Å². The maximum atomic E-state index is 5.97. The fourth-order valence-electron chi connectivity index (χ4n) is 2.29. The van der Waals surface area contributed by atoms with Gasteiger partial charge in [0, 0.05) is 25.0 Å². The van der Waals surface area contributed by atoms with Crippen LogP contribution in [0.2, 0.25) is 5.02 Å². The van der Waals surface area contributed by atoms with Gasteiger partial charge in [-0.05, 0) is 25.0 Å². The number of hydrogen-bond donors (Lipinski definition) is 1. The highest BCUT2D eigenvalue weighted by molar-refractivity contribution is 6.30. The lowest BCUT2D eigenvalue weighted by atomic mass is 10.4. The van der Waals surface area contributed by atoms with Crippen molar-refractivity contribution in [1.82, 2.24) is 29.7 Å². The van der Waals surface area contributed by atoms with Gasteiger partial charge in [-0.15, -0.1) is 5.10 Å². The second kappa shape index (κ2) is 5.13. The van der Waals surface area contributed by atoms with Gasteiger partial charge in [0.05, 0.1) is 29.2 Å². The van der Waals surface area contributed by atoms with Gasteiger partial charge in [-0.3, -0.25) is 0 Å². The standard InChI is InChI=1S/C14H15ClN6/c15-10-1-4-14-17-13(7-20(14)6-10)9-21-8-12(18-19-21)5-16-11-2-3-11/h1,4,6-8,11,16H,2-3,5,9H2. The summed E-state index contributed by atoms with van der Waals surface area (Å²) in [6, 6.07) is 4.42. The zero-order valence-corrected chi connectivity index (χ0v) is 12.2. The Bertz CT molecular complexity index is 773. The van der Waals surface area contributed by atoms with Gasteiger partial charge in [0.1, 0.15) is 5.65 Å². The first-order valence-electron chi connectivity index (χ1n) is 7.02. The lowest BCUT2D eigenvalue weighted by molar-refractivity contribution is 0.638. The van der Waals surface area contributed by atoms with Crippen molar-refractivity contribution in [3.05, 3.63) is 47.1 Å². The number of pyridine rings is 1. The van der Waals surface area contributed by atoms with E-state index in [4.69, 9.17) is 11.6 Å². The fourth-order valence-corrected chi connectivity index (χ4v) is 2.46. The van der Waals surface area contributed by atoms with E-state index in [1.54, 1.807) is 0 Å². The van der Waals surface area contributed by atoms with E-state index < -0.39 is 0 Å². The number of rotatable bonds is 5. The van der Waals surface area contributed by atoms with E-state index in [-0.39, 0.29) is 0 Å². The van der Waals surface area contributed by atoms with Gasteiger partial charge in [-0.2, -0.15) is 0 Å². The SMILES string of the molecule is Clc1ccc2nc(Cn3cc(CNC4CC4)nn3)cn2c1. The Morgan fingerprint density at radius 1 is 1.19 bits per heavy atom. The smallest absolute Gasteiger partial charge is 0.137 e. The molecule has 6 nitrogen and oxygen atoms in total. The van der Waals surface area contributed by atoms with Gasteiger partial charge in [0.25, 0.3) is 0 Å². The molecule has 0 aliphatic heterocycles. The van der Waals surface area contributed by atoms with Crippen molar-refractivity contribution in [1.29, 1.82) is 0 Å². The highest BCUT2D eigenvalue weighted by Crippen LogP contribution is 2.19. The van der Waals surface area contributed by atoms with Crippen LogP contribution in [-0.4, -0.2) is 30.4 Å². The summed E-state index contributed by atoms with van der Waals surface area (Å²) >= 11 is 5.97. The molecule has 4 rings (SSSR count). The van der Waals surface area contributed by atoms with Crippen LogP contribution in [0.3, 0.4) is 0 Å². The van der Waals surface area contributed by atoms with Gasteiger partial charge in [-0.25, -0.2) is 9.67 Å². The maximum absolute atomic E-state index is 5.97. The second-order valence-corrected chi connectivity index (χ2v) is 5.84. The number of hydrogen-bond acceptors (Lipinski definition) is 4. The summed E-state index contributed by atoms with van der Waals surface area (Å²) in [6.07, 6.45) is 8.33. The third-order valence-electron chi connectivity index (χ3n) is 3.52. The van der Waals surface area contributed by atoms with Crippen LogP contribution < -0.4 is 5.32 Å². The third kappa shape index (κ3) is 2.91. The Hall–Kier alpha value is -1.92. The molecule has 3 heterocycles. The third-order valence-corrected chi connectivity index (χ3v) is 3.75. The lowest BCUT2D eigenvalue weighted by Crippen LogP contribution is -2.15. The number of nitrogens with zero attached hydrogens (tertiary/aromatic N) is 5. The lowest BCUT2D eigenvalue weighted by Gasteiger charge is -1.97. The average molecular weight is 303 g/mol. The van der Waals surface area contributed by atoms with E-state index >= 15 is 0 Å². The molecule has 0 bridgehead atoms. The molecule has 1 aliphatic rings. The highest BCUT2D eigenvalue weighted by atomic mass is 35.5. The summed E-state index contributed by atoms with van der Waals surface area (Å²) < 4.78 is 3.73. The normalized spacial score (nSPS) is 14.9. The first kappa shape index (κ1) is 12.8. The molecule has 108 valence electrons. The first-order chi connectivity index (χ1) is 10.3.